The largest absolute Gasteiger partial charge is 0.491 e. The Morgan fingerprint density at radius 3 is 3.14 bits per heavy atom. The zero-order valence-corrected chi connectivity index (χ0v) is 13.2. The van der Waals surface area contributed by atoms with Crippen molar-refractivity contribution in [2.75, 3.05) is 36.5 Å². The van der Waals surface area contributed by atoms with Crippen LogP contribution in [-0.4, -0.2) is 42.4 Å². The zero-order chi connectivity index (χ0) is 14.4. The van der Waals surface area contributed by atoms with Gasteiger partial charge in [0.2, 0.25) is 0 Å². The molecule has 1 aromatic carbocycles. The first-order valence-electron chi connectivity index (χ1n) is 7.37. The summed E-state index contributed by atoms with van der Waals surface area (Å²) in [7, 11) is 0. The van der Waals surface area contributed by atoms with Crippen molar-refractivity contribution < 1.29 is 9.84 Å². The lowest BCUT2D eigenvalue weighted by Crippen LogP contribution is -2.38. The van der Waals surface area contributed by atoms with Crippen molar-refractivity contribution >= 4 is 38.3 Å². The molecule has 0 spiro atoms. The molecule has 3 heterocycles. The highest BCUT2D eigenvalue weighted by molar-refractivity contribution is 9.10. The number of halogens is 1. The number of rotatable bonds is 1. The first-order chi connectivity index (χ1) is 10.2. The number of piperidine rings is 1. The summed E-state index contributed by atoms with van der Waals surface area (Å²) in [5.74, 6) is 1.97. The quantitative estimate of drug-likeness (QED) is 0.739. The number of H-pyrrole nitrogens is 1. The van der Waals surface area contributed by atoms with Gasteiger partial charge in [-0.25, -0.2) is 0 Å². The number of aliphatic hydroxyl groups is 1. The highest BCUT2D eigenvalue weighted by Gasteiger charge is 2.25. The number of nitrogens with one attached hydrogen (secondary N) is 2. The fourth-order valence-corrected chi connectivity index (χ4v) is 3.70. The van der Waals surface area contributed by atoms with Gasteiger partial charge in [0.05, 0.1) is 22.7 Å². The molecule has 1 unspecified atom stereocenters. The van der Waals surface area contributed by atoms with Gasteiger partial charge in [0, 0.05) is 24.1 Å². The number of β-amino-alcohol motifs (C(OH)–C–C–N with tert-alkyl or cyclic N) is 1. The molecule has 2 aliphatic rings. The molecule has 0 radical (unpaired) electrons. The Kier molecular flexibility index (Phi) is 3.23. The van der Waals surface area contributed by atoms with Crippen LogP contribution in [0.5, 0.6) is 5.75 Å². The van der Waals surface area contributed by atoms with Crippen molar-refractivity contribution in [3.05, 3.63) is 16.6 Å². The van der Waals surface area contributed by atoms with Crippen LogP contribution in [0.15, 0.2) is 16.6 Å². The van der Waals surface area contributed by atoms with E-state index in [-0.39, 0.29) is 6.10 Å². The van der Waals surface area contributed by atoms with Crippen LogP contribution in [0.25, 0.3) is 10.9 Å². The van der Waals surface area contributed by atoms with Crippen molar-refractivity contribution in [1.29, 1.82) is 0 Å². The number of aromatic nitrogens is 1. The predicted molar refractivity (Wildman–Crippen MR) is 87.4 cm³/mol. The molecule has 1 atom stereocenters. The number of aromatic amines is 1. The predicted octanol–water partition coefficient (Wildman–Crippen LogP) is 2.70. The van der Waals surface area contributed by atoms with E-state index in [9.17, 15) is 5.11 Å². The molecule has 0 aliphatic carbocycles. The highest BCUT2D eigenvalue weighted by Crippen LogP contribution is 2.43. The number of hydrogen-bond acceptors (Lipinski definition) is 4. The van der Waals surface area contributed by atoms with Gasteiger partial charge in [-0.15, -0.1) is 0 Å². The van der Waals surface area contributed by atoms with E-state index in [0.717, 1.165) is 58.6 Å². The average molecular weight is 352 g/mol. The van der Waals surface area contributed by atoms with Gasteiger partial charge in [-0.2, -0.15) is 0 Å². The third-order valence-corrected chi connectivity index (χ3v) is 4.64. The van der Waals surface area contributed by atoms with E-state index < -0.39 is 0 Å². The topological polar surface area (TPSA) is 60.5 Å². The Bertz CT molecular complexity index is 685. The van der Waals surface area contributed by atoms with Crippen molar-refractivity contribution in [2.24, 2.45) is 0 Å². The monoisotopic (exact) mass is 351 g/mol. The molecule has 2 aliphatic heterocycles. The SMILES string of the molecule is OC1CCCN(c2[nH]c3cc(Br)cc4c3c2NCCO4)C1. The average Bonchev–Trinajstić information content (AvgIpc) is 2.67. The van der Waals surface area contributed by atoms with Gasteiger partial charge < -0.3 is 25.0 Å². The second-order valence-electron chi connectivity index (χ2n) is 5.69. The van der Waals surface area contributed by atoms with E-state index in [4.69, 9.17) is 4.74 Å². The van der Waals surface area contributed by atoms with Crippen LogP contribution in [-0.2, 0) is 0 Å². The van der Waals surface area contributed by atoms with E-state index in [2.05, 4.69) is 37.2 Å². The van der Waals surface area contributed by atoms with E-state index in [1.54, 1.807) is 0 Å². The standard InChI is InChI=1S/C15H18BrN3O2/c16-9-6-11-13-12(7-9)21-5-3-17-14(13)15(18-11)19-4-1-2-10(20)8-19/h6-7,10,17-18,20H,1-5,8H2. The van der Waals surface area contributed by atoms with Crippen LogP contribution >= 0.6 is 15.9 Å². The number of hydrogen-bond donors (Lipinski definition) is 3. The third kappa shape index (κ3) is 2.26. The van der Waals surface area contributed by atoms with Crippen molar-refractivity contribution in [3.63, 3.8) is 0 Å². The highest BCUT2D eigenvalue weighted by atomic mass is 79.9. The molecule has 6 heteroatoms. The fourth-order valence-electron chi connectivity index (χ4n) is 3.26. The van der Waals surface area contributed by atoms with Crippen LogP contribution in [0.4, 0.5) is 11.5 Å². The molecule has 21 heavy (non-hydrogen) atoms. The Balaban J connectivity index is 1.87. The third-order valence-electron chi connectivity index (χ3n) is 4.18. The minimum absolute atomic E-state index is 0.245. The Hall–Kier alpha value is -1.40. The van der Waals surface area contributed by atoms with Crippen molar-refractivity contribution in [3.8, 4) is 5.75 Å². The molecule has 5 nitrogen and oxygen atoms in total. The van der Waals surface area contributed by atoms with Crippen LogP contribution in [0.3, 0.4) is 0 Å². The summed E-state index contributed by atoms with van der Waals surface area (Å²) in [6, 6.07) is 4.09. The fraction of sp³-hybridized carbons (Fsp3) is 0.467. The number of ether oxygens (including phenoxy) is 1. The Labute approximate surface area is 131 Å². The van der Waals surface area contributed by atoms with Crippen LogP contribution in [0, 0.1) is 0 Å². The molecule has 0 saturated carbocycles. The lowest BCUT2D eigenvalue weighted by atomic mass is 10.1. The van der Waals surface area contributed by atoms with Gasteiger partial charge in [0.1, 0.15) is 18.2 Å². The van der Waals surface area contributed by atoms with E-state index in [1.165, 1.54) is 0 Å². The van der Waals surface area contributed by atoms with Gasteiger partial charge in [-0.1, -0.05) is 15.9 Å². The number of benzene rings is 1. The molecule has 4 rings (SSSR count). The summed E-state index contributed by atoms with van der Waals surface area (Å²) in [6.07, 6.45) is 1.66. The molecule has 0 bridgehead atoms. The normalized spacial score (nSPS) is 21.8. The summed E-state index contributed by atoms with van der Waals surface area (Å²) in [5, 5.41) is 14.5. The summed E-state index contributed by atoms with van der Waals surface area (Å²) in [5.41, 5.74) is 2.15. The van der Waals surface area contributed by atoms with Gasteiger partial charge in [-0.3, -0.25) is 0 Å². The van der Waals surface area contributed by atoms with Gasteiger partial charge in [0.25, 0.3) is 0 Å². The first kappa shape index (κ1) is 13.3. The second-order valence-corrected chi connectivity index (χ2v) is 6.61. The van der Waals surface area contributed by atoms with Gasteiger partial charge in [0.15, 0.2) is 0 Å². The maximum absolute atomic E-state index is 9.94. The van der Waals surface area contributed by atoms with Crippen molar-refractivity contribution in [2.45, 2.75) is 18.9 Å². The zero-order valence-electron chi connectivity index (χ0n) is 11.7. The number of nitrogens with zero attached hydrogens (tertiary/aromatic N) is 1. The number of anilines is 2. The molecule has 112 valence electrons. The minimum atomic E-state index is -0.245. The molecule has 1 aromatic heterocycles. The van der Waals surface area contributed by atoms with Gasteiger partial charge in [-0.05, 0) is 25.0 Å². The smallest absolute Gasteiger partial charge is 0.132 e. The molecular formula is C15H18BrN3O2. The van der Waals surface area contributed by atoms with E-state index in [0.29, 0.717) is 13.2 Å². The maximum atomic E-state index is 9.94. The van der Waals surface area contributed by atoms with Crippen LogP contribution in [0.2, 0.25) is 0 Å². The summed E-state index contributed by atoms with van der Waals surface area (Å²) < 4.78 is 6.85. The molecule has 0 amide bonds. The maximum Gasteiger partial charge on any atom is 0.132 e. The van der Waals surface area contributed by atoms with E-state index in [1.807, 2.05) is 6.07 Å². The molecule has 1 fully saturated rings. The second kappa shape index (κ2) is 5.10. The Morgan fingerprint density at radius 2 is 2.29 bits per heavy atom. The lowest BCUT2D eigenvalue weighted by Gasteiger charge is -2.31. The number of aliphatic hydroxyl groups excluding tert-OH is 1. The lowest BCUT2D eigenvalue weighted by molar-refractivity contribution is 0.154. The summed E-state index contributed by atoms with van der Waals surface area (Å²) >= 11 is 3.54. The Morgan fingerprint density at radius 1 is 1.38 bits per heavy atom. The summed E-state index contributed by atoms with van der Waals surface area (Å²) in [4.78, 5) is 5.73. The molecule has 1 saturated heterocycles. The molecular weight excluding hydrogens is 334 g/mol. The summed E-state index contributed by atoms with van der Waals surface area (Å²) in [6.45, 7) is 3.08. The minimum Gasteiger partial charge on any atom is -0.491 e. The first-order valence-corrected chi connectivity index (χ1v) is 8.16. The molecule has 3 N–H and O–H groups in total. The molecule has 2 aromatic rings. The van der Waals surface area contributed by atoms with Gasteiger partial charge >= 0.3 is 0 Å². The van der Waals surface area contributed by atoms with E-state index >= 15 is 0 Å². The van der Waals surface area contributed by atoms with Crippen molar-refractivity contribution in [1.82, 2.24) is 4.98 Å². The van der Waals surface area contributed by atoms with Crippen LogP contribution in [0.1, 0.15) is 12.8 Å². The van der Waals surface area contributed by atoms with Crippen LogP contribution < -0.4 is 15.0 Å².